The van der Waals surface area contributed by atoms with E-state index in [0.29, 0.717) is 35.6 Å². The average Bonchev–Trinajstić information content (AvgIpc) is 3.47. The number of benzene rings is 3. The van der Waals surface area contributed by atoms with Crippen LogP contribution in [0.2, 0.25) is 0 Å². The Morgan fingerprint density at radius 3 is 2.52 bits per heavy atom. The normalized spacial score (nSPS) is 27.6. The number of hydrogen-bond donors (Lipinski definition) is 4. The minimum atomic E-state index is -0.892. The van der Waals surface area contributed by atoms with E-state index >= 15 is 0 Å². The van der Waals surface area contributed by atoms with Gasteiger partial charge in [-0.3, -0.25) is 14.4 Å². The number of hydrogen-bond acceptors (Lipinski definition) is 7. The molecule has 1 heterocycles. The first-order valence-electron chi connectivity index (χ1n) is 17.7. The monoisotopic (exact) mass is 747 g/mol. The topological polar surface area (TPSA) is 120 Å². The molecule has 2 amide bonds. The summed E-state index contributed by atoms with van der Waals surface area (Å²) in [6.45, 7) is 8.89. The Kier molecular flexibility index (Phi) is 11.1. The number of methoxy groups -OCH3 is 1. The number of carbonyl (C=O) groups excluding carboxylic acids is 2. The number of amides is 2. The van der Waals surface area contributed by atoms with E-state index in [9.17, 15) is 19.8 Å². The Bertz CT molecular complexity index is 1680. The summed E-state index contributed by atoms with van der Waals surface area (Å²) in [4.78, 5) is 33.6. The van der Waals surface area contributed by atoms with Gasteiger partial charge in [-0.05, 0) is 78.7 Å². The molecule has 50 heavy (non-hydrogen) atoms. The number of para-hydroxylation sites is 1. The van der Waals surface area contributed by atoms with Crippen molar-refractivity contribution in [2.24, 2.45) is 29.1 Å². The van der Waals surface area contributed by atoms with Gasteiger partial charge in [-0.2, -0.15) is 5.06 Å². The predicted molar refractivity (Wildman–Crippen MR) is 196 cm³/mol. The van der Waals surface area contributed by atoms with Gasteiger partial charge < -0.3 is 25.6 Å². The molecule has 3 aromatic rings. The lowest BCUT2D eigenvalue weighted by Gasteiger charge is -2.62. The lowest BCUT2D eigenvalue weighted by molar-refractivity contribution is -0.183. The molecule has 4 fully saturated rings. The molecular formula is C40H50BrN3O6. The van der Waals surface area contributed by atoms with Crippen LogP contribution in [0.25, 0.3) is 11.1 Å². The van der Waals surface area contributed by atoms with Gasteiger partial charge in [0.1, 0.15) is 17.9 Å². The van der Waals surface area contributed by atoms with Gasteiger partial charge in [-0.25, -0.2) is 0 Å². The molecule has 2 bridgehead atoms. The largest absolute Gasteiger partial charge is 0.496 e. The van der Waals surface area contributed by atoms with Crippen LogP contribution < -0.4 is 15.4 Å². The van der Waals surface area contributed by atoms with Gasteiger partial charge in [0.2, 0.25) is 5.91 Å². The molecule has 4 aliphatic rings. The fraction of sp³-hybridized carbons (Fsp3) is 0.500. The van der Waals surface area contributed by atoms with E-state index in [1.54, 1.807) is 25.2 Å². The minimum Gasteiger partial charge on any atom is -0.496 e. The lowest BCUT2D eigenvalue weighted by atomic mass is 9.45. The van der Waals surface area contributed by atoms with E-state index in [1.807, 2.05) is 60.7 Å². The maximum atomic E-state index is 14.2. The van der Waals surface area contributed by atoms with Crippen molar-refractivity contribution in [3.05, 3.63) is 87.9 Å². The van der Waals surface area contributed by atoms with E-state index in [2.05, 4.69) is 47.3 Å². The fourth-order valence-corrected chi connectivity index (χ4v) is 9.27. The maximum Gasteiger partial charge on any atom is 0.251 e. The summed E-state index contributed by atoms with van der Waals surface area (Å²) < 4.78 is 6.74. The second-order valence-electron chi connectivity index (χ2n) is 15.0. The number of nitrogens with one attached hydrogen (secondary N) is 2. The molecule has 3 aromatic carbocycles. The Morgan fingerprint density at radius 1 is 1.10 bits per heavy atom. The van der Waals surface area contributed by atoms with Crippen molar-refractivity contribution < 1.29 is 29.4 Å². The molecule has 1 aliphatic heterocycles. The number of nitrogens with zero attached hydrogens (tertiary/aromatic N) is 1. The van der Waals surface area contributed by atoms with Crippen molar-refractivity contribution in [3.63, 3.8) is 0 Å². The van der Waals surface area contributed by atoms with Crippen LogP contribution in [0.3, 0.4) is 0 Å². The van der Waals surface area contributed by atoms with Crippen molar-refractivity contribution in [2.45, 2.75) is 77.8 Å². The summed E-state index contributed by atoms with van der Waals surface area (Å²) in [6, 6.07) is 20.6. The molecule has 3 aliphatic carbocycles. The first-order chi connectivity index (χ1) is 23.9. The van der Waals surface area contributed by atoms with Crippen molar-refractivity contribution in [3.8, 4) is 16.9 Å². The molecule has 0 radical (unpaired) electrons. The van der Waals surface area contributed by atoms with Crippen LogP contribution in [0.1, 0.15) is 62.0 Å². The highest BCUT2D eigenvalue weighted by molar-refractivity contribution is 9.10. The van der Waals surface area contributed by atoms with E-state index < -0.39 is 24.2 Å². The number of aliphatic hydroxyl groups is 2. The van der Waals surface area contributed by atoms with Gasteiger partial charge in [0, 0.05) is 39.7 Å². The Morgan fingerprint density at radius 2 is 1.86 bits per heavy atom. The van der Waals surface area contributed by atoms with Gasteiger partial charge in [-0.15, -0.1) is 0 Å². The number of hydroxylamine groups is 2. The quantitative estimate of drug-likeness (QED) is 0.186. The molecular weight excluding hydrogens is 698 g/mol. The zero-order valence-corrected chi connectivity index (χ0v) is 31.2. The number of rotatable bonds is 12. The van der Waals surface area contributed by atoms with Crippen LogP contribution in [0, 0.1) is 29.1 Å². The van der Waals surface area contributed by atoms with E-state index in [-0.39, 0.29) is 36.4 Å². The second kappa shape index (κ2) is 15.1. The number of fused-ring (bicyclic) bond motifs is 2. The standard InChI is InChI=1S/C40H50BrN3O6/c1-23-32-19-29(40(32,3)4)20-33(23)43-39(48)36-35(24(2)46)34(22-45)50-44(36)21-26-12-9-13-31(37(26)49-5)27-16-28(18-30(41)17-27)38(47)42-15-14-25-10-7-6-8-11-25/h6-13,16-18,23-24,29,32-36,45-46H,14-15,19-22H2,1-5H3,(H,42,47)(H,43,48)/t23-,24-,29+,32+,33-,34-,35-,36-/m0/s1. The molecule has 268 valence electrons. The van der Waals surface area contributed by atoms with Gasteiger partial charge in [0.15, 0.2) is 0 Å². The third-order valence-electron chi connectivity index (χ3n) is 11.7. The van der Waals surface area contributed by atoms with Crippen LogP contribution >= 0.6 is 15.9 Å². The molecule has 8 atom stereocenters. The van der Waals surface area contributed by atoms with Crippen LogP contribution in [-0.4, -0.2) is 71.6 Å². The smallest absolute Gasteiger partial charge is 0.251 e. The minimum absolute atomic E-state index is 0.0445. The molecule has 0 unspecified atom stereocenters. The van der Waals surface area contributed by atoms with E-state index in [1.165, 1.54) is 6.42 Å². The Hall–Kier alpha value is -3.28. The fourth-order valence-electron chi connectivity index (χ4n) is 8.77. The summed E-state index contributed by atoms with van der Waals surface area (Å²) in [6.07, 6.45) is 1.23. The summed E-state index contributed by atoms with van der Waals surface area (Å²) in [5.41, 5.74) is 4.27. The number of carbonyl (C=O) groups is 2. The molecule has 1 saturated heterocycles. The first kappa shape index (κ1) is 36.5. The summed E-state index contributed by atoms with van der Waals surface area (Å²) >= 11 is 3.59. The predicted octanol–water partition coefficient (Wildman–Crippen LogP) is 5.76. The number of aliphatic hydroxyl groups excluding tert-OH is 2. The molecule has 10 heteroatoms. The van der Waals surface area contributed by atoms with Crippen molar-refractivity contribution in [2.75, 3.05) is 20.3 Å². The molecule has 4 N–H and O–H groups in total. The number of halogens is 1. The maximum absolute atomic E-state index is 14.2. The lowest BCUT2D eigenvalue weighted by Crippen LogP contribution is -2.62. The highest BCUT2D eigenvalue weighted by atomic mass is 79.9. The first-order valence-corrected chi connectivity index (χ1v) is 18.5. The molecule has 7 rings (SSSR count). The van der Waals surface area contributed by atoms with E-state index in [4.69, 9.17) is 9.57 Å². The van der Waals surface area contributed by atoms with Gasteiger partial charge >= 0.3 is 0 Å². The van der Waals surface area contributed by atoms with Gasteiger partial charge in [0.05, 0.1) is 26.4 Å². The summed E-state index contributed by atoms with van der Waals surface area (Å²) in [5.74, 6) is 1.05. The second-order valence-corrected chi connectivity index (χ2v) is 15.9. The van der Waals surface area contributed by atoms with Crippen LogP contribution in [0.15, 0.2) is 71.2 Å². The molecule has 3 saturated carbocycles. The van der Waals surface area contributed by atoms with E-state index in [0.717, 1.165) is 39.6 Å². The molecule has 9 nitrogen and oxygen atoms in total. The number of ether oxygens (including phenoxy) is 1. The van der Waals surface area contributed by atoms with Crippen LogP contribution in [-0.2, 0) is 22.6 Å². The summed E-state index contributed by atoms with van der Waals surface area (Å²) in [7, 11) is 1.60. The Balaban J connectivity index is 1.23. The SMILES string of the molecule is COc1c(CN2O[C@@H](CO)[C@H]([C@H](C)O)[C@H]2C(=O)N[C@H]2C[C@H]3C[C@H]([C@@H]2C)C3(C)C)cccc1-c1cc(Br)cc(C(=O)NCCc2ccccc2)c1. The molecule has 0 spiro atoms. The van der Waals surface area contributed by atoms with Crippen molar-refractivity contribution in [1.29, 1.82) is 0 Å². The Labute approximate surface area is 303 Å². The third-order valence-corrected chi connectivity index (χ3v) is 12.2. The average molecular weight is 749 g/mol. The highest BCUT2D eigenvalue weighted by Gasteiger charge is 2.57. The summed E-state index contributed by atoms with van der Waals surface area (Å²) in [5, 5.41) is 29.1. The zero-order valence-electron chi connectivity index (χ0n) is 29.6. The van der Waals surface area contributed by atoms with Crippen LogP contribution in [0.4, 0.5) is 0 Å². The zero-order chi connectivity index (χ0) is 35.7. The van der Waals surface area contributed by atoms with Gasteiger partial charge in [-0.1, -0.05) is 85.2 Å². The molecule has 0 aromatic heterocycles. The third kappa shape index (κ3) is 7.23. The van der Waals surface area contributed by atoms with Crippen LogP contribution in [0.5, 0.6) is 5.75 Å². The van der Waals surface area contributed by atoms with Crippen molar-refractivity contribution >= 4 is 27.7 Å². The van der Waals surface area contributed by atoms with Crippen molar-refractivity contribution in [1.82, 2.24) is 15.7 Å². The van der Waals surface area contributed by atoms with Gasteiger partial charge in [0.25, 0.3) is 5.91 Å². The highest BCUT2D eigenvalue weighted by Crippen LogP contribution is 2.61.